The molecule has 1 heterocycles. The third-order valence-electron chi connectivity index (χ3n) is 2.00. The van der Waals surface area contributed by atoms with Crippen molar-refractivity contribution in [2.75, 3.05) is 20.3 Å². The minimum absolute atomic E-state index is 0.0241. The van der Waals surface area contributed by atoms with Gasteiger partial charge in [-0.3, -0.25) is 0 Å². The molecule has 0 radical (unpaired) electrons. The van der Waals surface area contributed by atoms with Crippen LogP contribution in [0.4, 0.5) is 0 Å². The zero-order valence-corrected chi connectivity index (χ0v) is 7.15. The zero-order chi connectivity index (χ0) is 7.61. The molecule has 2 atom stereocenters. The van der Waals surface area contributed by atoms with E-state index in [4.69, 9.17) is 21.1 Å². The molecule has 2 unspecified atom stereocenters. The number of rotatable bonds is 2. The summed E-state index contributed by atoms with van der Waals surface area (Å²) in [6, 6.07) is 0. The van der Waals surface area contributed by atoms with E-state index < -0.39 is 0 Å². The molecule has 1 rings (SSSR count). The topological polar surface area (TPSA) is 18.5 Å². The standard InChI is InChI=1S/C7H13ClO2/c1-7(6(8)9-2)3-4-10-5-7/h6H,3-5H2,1-2H3. The predicted octanol–water partition coefficient (Wildman–Crippen LogP) is 1.62. The summed E-state index contributed by atoms with van der Waals surface area (Å²) < 4.78 is 10.2. The summed E-state index contributed by atoms with van der Waals surface area (Å²) in [5, 5.41) is 0. The molecular formula is C7H13ClO2. The van der Waals surface area contributed by atoms with E-state index in [9.17, 15) is 0 Å². The molecule has 0 aromatic rings. The molecule has 0 amide bonds. The Morgan fingerprint density at radius 3 is 2.80 bits per heavy atom. The van der Waals surface area contributed by atoms with Gasteiger partial charge in [0.25, 0.3) is 0 Å². The van der Waals surface area contributed by atoms with Gasteiger partial charge in [0.05, 0.1) is 6.61 Å². The van der Waals surface area contributed by atoms with Gasteiger partial charge < -0.3 is 9.47 Å². The third-order valence-corrected chi connectivity index (χ3v) is 2.71. The first-order valence-corrected chi connectivity index (χ1v) is 3.87. The molecule has 3 heteroatoms. The summed E-state index contributed by atoms with van der Waals surface area (Å²) in [7, 11) is 1.63. The Morgan fingerprint density at radius 1 is 1.70 bits per heavy atom. The maximum absolute atomic E-state index is 5.91. The van der Waals surface area contributed by atoms with Crippen LogP contribution in [0.5, 0.6) is 0 Å². The summed E-state index contributed by atoms with van der Waals surface area (Å²) in [4.78, 5) is 0. The number of methoxy groups -OCH3 is 1. The van der Waals surface area contributed by atoms with Crippen LogP contribution in [0, 0.1) is 5.41 Å². The quantitative estimate of drug-likeness (QED) is 0.578. The van der Waals surface area contributed by atoms with Crippen molar-refractivity contribution in [3.05, 3.63) is 0 Å². The average Bonchev–Trinajstić information content (AvgIpc) is 2.36. The van der Waals surface area contributed by atoms with Crippen molar-refractivity contribution in [2.45, 2.75) is 18.9 Å². The van der Waals surface area contributed by atoms with Crippen LogP contribution in [0.25, 0.3) is 0 Å². The molecule has 2 nitrogen and oxygen atoms in total. The Labute approximate surface area is 66.5 Å². The molecule has 0 aromatic carbocycles. The third kappa shape index (κ3) is 1.44. The summed E-state index contributed by atoms with van der Waals surface area (Å²) >= 11 is 5.91. The maximum atomic E-state index is 5.91. The Kier molecular flexibility index (Phi) is 2.55. The van der Waals surface area contributed by atoms with Crippen molar-refractivity contribution < 1.29 is 9.47 Å². The van der Waals surface area contributed by atoms with Crippen molar-refractivity contribution in [3.63, 3.8) is 0 Å². The molecule has 60 valence electrons. The summed E-state index contributed by atoms with van der Waals surface area (Å²) in [6.07, 6.45) is 0.995. The number of alkyl halides is 1. The van der Waals surface area contributed by atoms with Gasteiger partial charge in [0.15, 0.2) is 0 Å². The minimum atomic E-state index is -0.213. The van der Waals surface area contributed by atoms with Crippen molar-refractivity contribution in [1.82, 2.24) is 0 Å². The number of halogens is 1. The first-order valence-electron chi connectivity index (χ1n) is 3.44. The molecule has 1 aliphatic rings. The first kappa shape index (κ1) is 8.31. The van der Waals surface area contributed by atoms with Gasteiger partial charge in [-0.1, -0.05) is 18.5 Å². The Bertz CT molecular complexity index is 110. The van der Waals surface area contributed by atoms with E-state index in [1.807, 2.05) is 0 Å². The lowest BCUT2D eigenvalue weighted by atomic mass is 9.91. The number of ether oxygens (including phenoxy) is 2. The lowest BCUT2D eigenvalue weighted by Crippen LogP contribution is -2.29. The fraction of sp³-hybridized carbons (Fsp3) is 1.00. The Morgan fingerprint density at radius 2 is 2.40 bits per heavy atom. The van der Waals surface area contributed by atoms with Gasteiger partial charge in [-0.05, 0) is 6.42 Å². The molecule has 0 spiro atoms. The normalized spacial score (nSPS) is 36.3. The molecule has 10 heavy (non-hydrogen) atoms. The van der Waals surface area contributed by atoms with Crippen molar-refractivity contribution in [3.8, 4) is 0 Å². The van der Waals surface area contributed by atoms with E-state index in [1.54, 1.807) is 7.11 Å². The molecule has 1 aliphatic heterocycles. The van der Waals surface area contributed by atoms with Crippen LogP contribution in [-0.2, 0) is 9.47 Å². The molecule has 0 N–H and O–H groups in total. The Hall–Kier alpha value is 0.210. The molecule has 1 saturated heterocycles. The van der Waals surface area contributed by atoms with Crippen LogP contribution in [0.1, 0.15) is 13.3 Å². The van der Waals surface area contributed by atoms with E-state index in [2.05, 4.69) is 6.92 Å². The van der Waals surface area contributed by atoms with Gasteiger partial charge in [-0.15, -0.1) is 0 Å². The second-order valence-corrected chi connectivity index (χ2v) is 3.40. The fourth-order valence-electron chi connectivity index (χ4n) is 1.15. The lowest BCUT2D eigenvalue weighted by Gasteiger charge is -2.25. The second kappa shape index (κ2) is 3.07. The smallest absolute Gasteiger partial charge is 0.138 e. The van der Waals surface area contributed by atoms with Gasteiger partial charge in [-0.25, -0.2) is 0 Å². The van der Waals surface area contributed by atoms with Crippen LogP contribution in [0.15, 0.2) is 0 Å². The molecule has 1 fully saturated rings. The van der Waals surface area contributed by atoms with Gasteiger partial charge in [-0.2, -0.15) is 0 Å². The van der Waals surface area contributed by atoms with Gasteiger partial charge in [0.2, 0.25) is 0 Å². The summed E-state index contributed by atoms with van der Waals surface area (Å²) in [5.74, 6) is 0. The van der Waals surface area contributed by atoms with E-state index in [1.165, 1.54) is 0 Å². The molecule has 0 saturated carbocycles. The van der Waals surface area contributed by atoms with E-state index in [0.29, 0.717) is 0 Å². The summed E-state index contributed by atoms with van der Waals surface area (Å²) in [5.41, 5.74) is -0.189. The number of hydrogen-bond acceptors (Lipinski definition) is 2. The number of hydrogen-bond donors (Lipinski definition) is 0. The molecule has 0 aromatic heterocycles. The van der Waals surface area contributed by atoms with Crippen molar-refractivity contribution in [1.29, 1.82) is 0 Å². The zero-order valence-electron chi connectivity index (χ0n) is 6.39. The average molecular weight is 165 g/mol. The summed E-state index contributed by atoms with van der Waals surface area (Å²) in [6.45, 7) is 3.61. The van der Waals surface area contributed by atoms with E-state index in [-0.39, 0.29) is 11.0 Å². The highest BCUT2D eigenvalue weighted by Crippen LogP contribution is 2.34. The second-order valence-electron chi connectivity index (χ2n) is 3.01. The molecule has 0 aliphatic carbocycles. The van der Waals surface area contributed by atoms with Crippen LogP contribution < -0.4 is 0 Å². The van der Waals surface area contributed by atoms with E-state index in [0.717, 1.165) is 19.6 Å². The van der Waals surface area contributed by atoms with Crippen LogP contribution in [-0.4, -0.2) is 25.9 Å². The van der Waals surface area contributed by atoms with Crippen LogP contribution >= 0.6 is 11.6 Å². The lowest BCUT2D eigenvalue weighted by molar-refractivity contribution is 0.0456. The van der Waals surface area contributed by atoms with Crippen molar-refractivity contribution >= 4 is 11.6 Å². The predicted molar refractivity (Wildman–Crippen MR) is 40.2 cm³/mol. The van der Waals surface area contributed by atoms with Crippen LogP contribution in [0.3, 0.4) is 0 Å². The van der Waals surface area contributed by atoms with Crippen molar-refractivity contribution in [2.24, 2.45) is 5.41 Å². The largest absolute Gasteiger partial charge is 0.381 e. The van der Waals surface area contributed by atoms with Gasteiger partial charge in [0, 0.05) is 19.1 Å². The minimum Gasteiger partial charge on any atom is -0.381 e. The highest BCUT2D eigenvalue weighted by atomic mass is 35.5. The highest BCUT2D eigenvalue weighted by Gasteiger charge is 2.37. The SMILES string of the molecule is COC(Cl)C1(C)CCOC1. The first-order chi connectivity index (χ1) is 4.69. The molecule has 0 bridgehead atoms. The maximum Gasteiger partial charge on any atom is 0.138 e. The monoisotopic (exact) mass is 164 g/mol. The fourth-order valence-corrected chi connectivity index (χ4v) is 1.32. The Balaban J connectivity index is 2.49. The van der Waals surface area contributed by atoms with Crippen LogP contribution in [0.2, 0.25) is 0 Å². The van der Waals surface area contributed by atoms with E-state index >= 15 is 0 Å². The highest BCUT2D eigenvalue weighted by molar-refractivity contribution is 6.20. The van der Waals surface area contributed by atoms with Gasteiger partial charge >= 0.3 is 0 Å². The molecular weight excluding hydrogens is 152 g/mol. The van der Waals surface area contributed by atoms with Gasteiger partial charge in [0.1, 0.15) is 5.56 Å².